The summed E-state index contributed by atoms with van der Waals surface area (Å²) >= 11 is 0. The maximum atomic E-state index is 9.58. The summed E-state index contributed by atoms with van der Waals surface area (Å²) in [6, 6.07) is 41.3. The van der Waals surface area contributed by atoms with Crippen LogP contribution in [0.3, 0.4) is 0 Å². The quantitative estimate of drug-likeness (QED) is 0.0830. The largest absolute Gasteiger partial charge is 0.385 e. The van der Waals surface area contributed by atoms with E-state index in [0.717, 1.165) is 0 Å². The summed E-state index contributed by atoms with van der Waals surface area (Å²) < 4.78 is 57.5. The van der Waals surface area contributed by atoms with Gasteiger partial charge in [0, 0.05) is 66.0 Å². The van der Waals surface area contributed by atoms with Crippen LogP contribution in [0.5, 0.6) is 0 Å². The van der Waals surface area contributed by atoms with Gasteiger partial charge in [-0.15, -0.1) is 0 Å². The van der Waals surface area contributed by atoms with Crippen LogP contribution in [0.15, 0.2) is 121 Å². The molecule has 0 heterocycles. The molecule has 0 nitrogen and oxygen atoms in total. The van der Waals surface area contributed by atoms with Gasteiger partial charge in [0.1, 0.15) is 0 Å². The van der Waals surface area contributed by atoms with Crippen LogP contribution in [0.1, 0.15) is 0 Å². The van der Waals surface area contributed by atoms with E-state index in [1.165, 1.54) is 21.2 Å². The fourth-order valence-electron chi connectivity index (χ4n) is 3.15. The third kappa shape index (κ3) is 15.7. The van der Waals surface area contributed by atoms with E-state index in [-0.39, 0.29) is 44.8 Å². The third-order valence-corrected chi connectivity index (χ3v) is 10.1. The van der Waals surface area contributed by atoms with Gasteiger partial charge in [0.25, 0.3) is 0 Å². The summed E-state index contributed by atoms with van der Waals surface area (Å²) in [4.78, 5) is 0. The van der Waals surface area contributed by atoms with Gasteiger partial charge in [0.15, 0.2) is 13.4 Å². The fraction of sp³-hybridized carbons (Fsp3) is 0. The van der Waals surface area contributed by atoms with Crippen molar-refractivity contribution in [2.45, 2.75) is 0 Å². The number of hydrogen-bond donors (Lipinski definition) is 0. The second-order valence-electron chi connectivity index (χ2n) is 7.71. The maximum Gasteiger partial charge on any atom is 0.154 e. The maximum absolute atomic E-state index is 9.58. The van der Waals surface area contributed by atoms with Crippen molar-refractivity contribution in [2.75, 3.05) is 0 Å². The minimum absolute atomic E-state index is 0. The van der Waals surface area contributed by atoms with Crippen LogP contribution in [0.2, 0.25) is 0 Å². The number of halogens is 6. The molecule has 0 aliphatic carbocycles. The minimum Gasteiger partial charge on any atom is -0.385 e. The van der Waals surface area contributed by atoms with Crippen molar-refractivity contribution in [1.82, 2.24) is 0 Å². The van der Waals surface area contributed by atoms with Crippen molar-refractivity contribution < 1.29 is 71.1 Å². The summed E-state index contributed by atoms with van der Waals surface area (Å²) in [7, 11) is -3.29. The molecule has 0 fully saturated rings. The molecule has 0 bridgehead atoms. The molecule has 0 spiro atoms. The Hall–Kier alpha value is -1.20. The van der Waals surface area contributed by atoms with Crippen LogP contribution >= 0.6 is 14.5 Å². The molecule has 0 unspecified atom stereocenters. The second kappa shape index (κ2) is 21.5. The summed E-state index contributed by atoms with van der Waals surface area (Å²) in [6.07, 6.45) is 0. The molecule has 0 saturated heterocycles. The second-order valence-corrected chi connectivity index (χ2v) is 13.6. The zero-order valence-electron chi connectivity index (χ0n) is 21.1. The van der Waals surface area contributed by atoms with Gasteiger partial charge in [0.05, 0.1) is 0 Å². The molecule has 0 atom stereocenters. The van der Waals surface area contributed by atoms with Crippen molar-refractivity contribution in [1.29, 1.82) is 0 Å². The first kappa shape index (κ1) is 40.9. The molecule has 10 heteroatoms. The van der Waals surface area contributed by atoms with Crippen LogP contribution in [0, 0.1) is 40.0 Å². The summed E-state index contributed by atoms with van der Waals surface area (Å²) in [5.41, 5.74) is 0. The first-order valence-corrected chi connectivity index (χ1v) is 15.3. The number of rotatable bonds is 4. The van der Waals surface area contributed by atoms with Crippen LogP contribution in [0.4, 0.5) is 26.3 Å². The van der Waals surface area contributed by atoms with Crippen LogP contribution in [-0.2, 0) is 44.8 Å². The summed E-state index contributed by atoms with van der Waals surface area (Å²) in [5.74, 6) is 0. The Labute approximate surface area is 266 Å². The molecule has 2 radical (unpaired) electrons. The van der Waals surface area contributed by atoms with Crippen LogP contribution in [0.25, 0.3) is 0 Å². The Morgan fingerprint density at radius 1 is 0.350 bits per heavy atom. The molecular formula is C30H28Au2F6P2-4. The molecule has 0 saturated carbocycles. The Balaban J connectivity index is 0. The molecule has 0 aliphatic rings. The minimum atomic E-state index is -3.08. The smallest absolute Gasteiger partial charge is 0.154 e. The number of benzene rings is 4. The van der Waals surface area contributed by atoms with E-state index < -0.39 is 27.9 Å². The predicted molar refractivity (Wildman–Crippen MR) is 153 cm³/mol. The molecule has 4 aromatic rings. The van der Waals surface area contributed by atoms with Gasteiger partial charge in [-0.2, -0.15) is 41.2 Å². The van der Waals surface area contributed by atoms with Gasteiger partial charge in [-0.05, 0) is 48.5 Å². The van der Waals surface area contributed by atoms with Gasteiger partial charge in [-0.1, -0.05) is 72.8 Å². The fourth-order valence-corrected chi connectivity index (χ4v) is 6.72. The van der Waals surface area contributed by atoms with E-state index in [1.54, 1.807) is 0 Å². The standard InChI is InChI=1S/2C14H14P.2CF3.2Au/c2*1-15(2,13-9-5-3-6-10-13)14-11-7-4-8-12-14;2*2-1(3)4;;/h2*3-12H,1-2H2;;;;/q4*-1;;. The average Bonchev–Trinajstić information content (AvgIpc) is 2.90. The van der Waals surface area contributed by atoms with E-state index in [4.69, 9.17) is 0 Å². The van der Waals surface area contributed by atoms with Gasteiger partial charge in [-0.25, -0.2) is 0 Å². The predicted octanol–water partition coefficient (Wildman–Crippen LogP) is 9.16. The molecule has 4 aromatic carbocycles. The van der Waals surface area contributed by atoms with Crippen molar-refractivity contribution in [2.24, 2.45) is 0 Å². The van der Waals surface area contributed by atoms with Crippen molar-refractivity contribution in [3.8, 4) is 0 Å². The molecule has 40 heavy (non-hydrogen) atoms. The van der Waals surface area contributed by atoms with Gasteiger partial charge >= 0.3 is 0 Å². The van der Waals surface area contributed by atoms with Crippen molar-refractivity contribution in [3.05, 3.63) is 161 Å². The summed E-state index contributed by atoms with van der Waals surface area (Å²) in [5, 5.41) is 4.99. The normalized spacial score (nSPS) is 10.3. The molecule has 0 aromatic heterocycles. The van der Waals surface area contributed by atoms with E-state index >= 15 is 0 Å². The molecule has 226 valence electrons. The summed E-state index contributed by atoms with van der Waals surface area (Å²) in [6.45, 7) is 11.1. The Morgan fingerprint density at radius 2 is 0.475 bits per heavy atom. The van der Waals surface area contributed by atoms with Gasteiger partial charge < -0.3 is 26.3 Å². The number of hydrogen-bond acceptors (Lipinski definition) is 0. The van der Waals surface area contributed by atoms with E-state index in [0.29, 0.717) is 0 Å². The van der Waals surface area contributed by atoms with Gasteiger partial charge in [0.2, 0.25) is 0 Å². The molecule has 0 amide bonds. The van der Waals surface area contributed by atoms with Crippen molar-refractivity contribution >= 4 is 35.7 Å². The van der Waals surface area contributed by atoms with E-state index in [2.05, 4.69) is 75.2 Å². The molecule has 4 rings (SSSR count). The monoisotopic (exact) mass is 958 g/mol. The first-order chi connectivity index (χ1) is 17.9. The first-order valence-electron chi connectivity index (χ1n) is 10.9. The van der Waals surface area contributed by atoms with Crippen molar-refractivity contribution in [3.63, 3.8) is 0 Å². The molecular weight excluding hydrogens is 930 g/mol. The van der Waals surface area contributed by atoms with E-state index in [9.17, 15) is 26.3 Å². The Kier molecular flexibility index (Phi) is 22.0. The van der Waals surface area contributed by atoms with E-state index in [1.807, 2.05) is 72.8 Å². The Bertz CT molecular complexity index is 954. The van der Waals surface area contributed by atoms with Crippen LogP contribution < -0.4 is 21.2 Å². The third-order valence-electron chi connectivity index (χ3n) is 5.00. The molecule has 0 aliphatic heterocycles. The average molecular weight is 958 g/mol. The topological polar surface area (TPSA) is 0 Å². The SMILES string of the molecule is F[C-](F)F.F[C-](F)F.[Au].[Au].[CH2-][P+]([CH2-])(c1ccccc1)c1ccccc1.[CH2-][P+]([CH2-])(c1ccccc1)c1ccccc1. The Morgan fingerprint density at radius 3 is 0.600 bits per heavy atom. The zero-order valence-corrected chi connectivity index (χ0v) is 27.3. The molecule has 0 N–H and O–H groups in total. The van der Waals surface area contributed by atoms with Crippen LogP contribution in [-0.4, -0.2) is 0 Å². The zero-order chi connectivity index (χ0) is 28.6. The van der Waals surface area contributed by atoms with Gasteiger partial charge in [-0.3, -0.25) is 0 Å².